The summed E-state index contributed by atoms with van der Waals surface area (Å²) in [5.74, 6) is -1.07. The number of fused-ring (bicyclic) bond motifs is 2. The van der Waals surface area contributed by atoms with Gasteiger partial charge in [-0.3, -0.25) is 24.1 Å². The Labute approximate surface area is 317 Å². The fourth-order valence-corrected chi connectivity index (χ4v) is 9.26. The van der Waals surface area contributed by atoms with Gasteiger partial charge in [0.25, 0.3) is 0 Å². The van der Waals surface area contributed by atoms with Crippen molar-refractivity contribution >= 4 is 23.6 Å². The normalized spacial score (nSPS) is 26.0. The van der Waals surface area contributed by atoms with E-state index in [4.69, 9.17) is 9.47 Å². The van der Waals surface area contributed by atoms with Crippen LogP contribution in [0.2, 0.25) is 0 Å². The highest BCUT2D eigenvalue weighted by atomic mass is 16.5. The smallest absolute Gasteiger partial charge is 0.245 e. The van der Waals surface area contributed by atoms with Gasteiger partial charge in [0.1, 0.15) is 6.04 Å². The molecule has 1 aromatic carbocycles. The van der Waals surface area contributed by atoms with Crippen LogP contribution in [-0.2, 0) is 28.7 Å². The zero-order chi connectivity index (χ0) is 39.1. The van der Waals surface area contributed by atoms with Crippen molar-refractivity contribution in [2.75, 3.05) is 34.9 Å². The predicted molar refractivity (Wildman–Crippen MR) is 205 cm³/mol. The van der Waals surface area contributed by atoms with Gasteiger partial charge in [0.2, 0.25) is 23.6 Å². The standard InChI is InChI=1S/C41H67N5O7/c1-11-25(4)35(45(8)41(51)34(24(2)3)43-40(50)36-29-19-20-30(22-29)44(36)7)32(52-9)23-33(47)46-21-15-18-31(46)38(53-10)26(5)39(49)42-27(6)37(48)28-16-13-12-14-17-28/h12-14,16-17,24-27,29-32,34-38,48H,11,15,18-23H2,1-10H3,(H,42,49)(H,43,50)/t25-,26+,27+,29-,30+,31-,32+,34-,35-,36-,37+,38+/m0/s1. The number of aliphatic hydroxyl groups excluding tert-OH is 1. The third-order valence-electron chi connectivity index (χ3n) is 12.6. The molecule has 1 aliphatic carbocycles. The van der Waals surface area contributed by atoms with Crippen molar-refractivity contribution in [2.45, 2.75) is 141 Å². The number of likely N-dealkylation sites (N-methyl/N-ethyl adjacent to an activating group) is 2. The summed E-state index contributed by atoms with van der Waals surface area (Å²) >= 11 is 0. The monoisotopic (exact) mass is 742 g/mol. The molecule has 298 valence electrons. The van der Waals surface area contributed by atoms with Crippen molar-refractivity contribution in [3.63, 3.8) is 0 Å². The molecule has 3 N–H and O–H groups in total. The van der Waals surface area contributed by atoms with Crippen LogP contribution in [0.15, 0.2) is 30.3 Å². The SMILES string of the molecule is CC[C@H](C)[C@@H]([C@@H](CC(=O)N1CCC[C@H]1[C@H](OC)[C@@H](C)C(=O)N[C@H](C)[C@@H](O)c1ccccc1)OC)N(C)C(=O)[C@@H](NC(=O)[C@@H]1[C@H]2CC[C@H](C2)N1C)C(C)C. The maximum atomic E-state index is 14.3. The van der Waals surface area contributed by atoms with E-state index in [-0.39, 0.29) is 54.0 Å². The first-order valence-electron chi connectivity index (χ1n) is 19.8. The van der Waals surface area contributed by atoms with Gasteiger partial charge in [0.15, 0.2) is 0 Å². The molecule has 0 aromatic heterocycles. The Bertz CT molecular complexity index is 1380. The van der Waals surface area contributed by atoms with Crippen molar-refractivity contribution in [2.24, 2.45) is 23.7 Å². The van der Waals surface area contributed by atoms with Gasteiger partial charge in [-0.15, -0.1) is 0 Å². The van der Waals surface area contributed by atoms with E-state index < -0.39 is 42.4 Å². The minimum atomic E-state index is -0.872. The molecule has 2 aliphatic heterocycles. The maximum absolute atomic E-state index is 14.3. The van der Waals surface area contributed by atoms with Gasteiger partial charge in [-0.2, -0.15) is 0 Å². The Morgan fingerprint density at radius 2 is 1.66 bits per heavy atom. The van der Waals surface area contributed by atoms with E-state index in [0.717, 1.165) is 32.1 Å². The first-order chi connectivity index (χ1) is 25.2. The molecule has 2 bridgehead atoms. The molecule has 53 heavy (non-hydrogen) atoms. The number of benzene rings is 1. The number of nitrogens with zero attached hydrogens (tertiary/aromatic N) is 3. The molecule has 1 saturated carbocycles. The van der Waals surface area contributed by atoms with Gasteiger partial charge < -0.3 is 35.0 Å². The van der Waals surface area contributed by atoms with E-state index in [1.807, 2.05) is 56.1 Å². The van der Waals surface area contributed by atoms with Gasteiger partial charge in [0, 0.05) is 33.9 Å². The molecule has 12 nitrogen and oxygen atoms in total. The van der Waals surface area contributed by atoms with Gasteiger partial charge in [-0.1, -0.05) is 71.4 Å². The minimum absolute atomic E-state index is 0.0000398. The van der Waals surface area contributed by atoms with Crippen LogP contribution in [0.25, 0.3) is 0 Å². The summed E-state index contributed by atoms with van der Waals surface area (Å²) in [5.41, 5.74) is 0.715. The van der Waals surface area contributed by atoms with Crippen LogP contribution < -0.4 is 10.6 Å². The summed E-state index contributed by atoms with van der Waals surface area (Å²) in [5, 5.41) is 16.9. The second kappa shape index (κ2) is 19.0. The summed E-state index contributed by atoms with van der Waals surface area (Å²) in [7, 11) is 6.92. The van der Waals surface area contributed by atoms with Crippen molar-refractivity contribution in [1.29, 1.82) is 0 Å². The van der Waals surface area contributed by atoms with Crippen LogP contribution >= 0.6 is 0 Å². The molecule has 2 saturated heterocycles. The number of likely N-dealkylation sites (tertiary alicyclic amines) is 2. The highest BCUT2D eigenvalue weighted by Crippen LogP contribution is 2.41. The average molecular weight is 742 g/mol. The molecule has 2 heterocycles. The minimum Gasteiger partial charge on any atom is -0.386 e. The Kier molecular flexibility index (Phi) is 15.3. The Balaban J connectivity index is 1.44. The van der Waals surface area contributed by atoms with Crippen molar-refractivity contribution in [3.8, 4) is 0 Å². The number of nitrogens with one attached hydrogen (secondary N) is 2. The van der Waals surface area contributed by atoms with Crippen LogP contribution in [-0.4, -0.2) is 127 Å². The summed E-state index contributed by atoms with van der Waals surface area (Å²) < 4.78 is 12.0. The van der Waals surface area contributed by atoms with Gasteiger partial charge in [0.05, 0.1) is 54.8 Å². The highest BCUT2D eigenvalue weighted by molar-refractivity contribution is 5.90. The maximum Gasteiger partial charge on any atom is 0.245 e. The lowest BCUT2D eigenvalue weighted by molar-refractivity contribution is -0.148. The average Bonchev–Trinajstić information content (AvgIpc) is 3.90. The number of amides is 4. The Morgan fingerprint density at radius 3 is 2.23 bits per heavy atom. The third-order valence-corrected chi connectivity index (χ3v) is 12.6. The molecule has 4 rings (SSSR count). The van der Waals surface area contributed by atoms with Crippen molar-refractivity contribution in [3.05, 3.63) is 35.9 Å². The number of ether oxygens (including phenoxy) is 2. The molecule has 3 fully saturated rings. The first-order valence-corrected chi connectivity index (χ1v) is 19.8. The summed E-state index contributed by atoms with van der Waals surface area (Å²) in [6.07, 6.45) is 3.40. The van der Waals surface area contributed by atoms with Crippen LogP contribution in [0.3, 0.4) is 0 Å². The molecular weight excluding hydrogens is 674 g/mol. The van der Waals surface area contributed by atoms with E-state index in [9.17, 15) is 24.3 Å². The molecule has 3 aliphatic rings. The summed E-state index contributed by atoms with van der Waals surface area (Å²) in [6, 6.07) is 7.42. The lowest BCUT2D eigenvalue weighted by Gasteiger charge is -2.41. The van der Waals surface area contributed by atoms with E-state index in [1.165, 1.54) is 0 Å². The number of carbonyl (C=O) groups excluding carboxylic acids is 4. The number of carbonyl (C=O) groups is 4. The Hall–Kier alpha value is -3.06. The van der Waals surface area contributed by atoms with Gasteiger partial charge in [-0.05, 0) is 69.4 Å². The largest absolute Gasteiger partial charge is 0.386 e. The molecule has 4 amide bonds. The highest BCUT2D eigenvalue weighted by Gasteiger charge is 2.49. The fourth-order valence-electron chi connectivity index (χ4n) is 9.26. The molecule has 12 heteroatoms. The number of aliphatic hydroxyl groups is 1. The number of hydrogen-bond donors (Lipinski definition) is 3. The second-order valence-electron chi connectivity index (χ2n) is 16.3. The van der Waals surface area contributed by atoms with Crippen LogP contribution in [0.1, 0.15) is 98.2 Å². The topological polar surface area (TPSA) is 141 Å². The molecule has 0 radical (unpaired) electrons. The van der Waals surface area contributed by atoms with E-state index in [2.05, 4.69) is 29.4 Å². The quantitative estimate of drug-likeness (QED) is 0.207. The lowest BCUT2D eigenvalue weighted by atomic mass is 9.89. The zero-order valence-electron chi connectivity index (χ0n) is 33.8. The molecule has 0 spiro atoms. The zero-order valence-corrected chi connectivity index (χ0v) is 33.8. The third kappa shape index (κ3) is 9.61. The van der Waals surface area contributed by atoms with Crippen molar-refractivity contribution in [1.82, 2.24) is 25.3 Å². The van der Waals surface area contributed by atoms with Gasteiger partial charge >= 0.3 is 0 Å². The Morgan fingerprint density at radius 1 is 0.981 bits per heavy atom. The van der Waals surface area contributed by atoms with E-state index in [1.54, 1.807) is 40.0 Å². The number of methoxy groups -OCH3 is 2. The lowest BCUT2D eigenvalue weighted by Crippen LogP contribution is -2.60. The van der Waals surface area contributed by atoms with Crippen LogP contribution in [0.4, 0.5) is 0 Å². The van der Waals surface area contributed by atoms with Gasteiger partial charge in [-0.25, -0.2) is 0 Å². The first kappa shape index (κ1) is 42.7. The molecule has 1 aromatic rings. The fraction of sp³-hybridized carbons (Fsp3) is 0.756. The van der Waals surface area contributed by atoms with Crippen LogP contribution in [0, 0.1) is 23.7 Å². The number of rotatable bonds is 18. The molecular formula is C41H67N5O7. The van der Waals surface area contributed by atoms with Crippen molar-refractivity contribution < 1.29 is 33.8 Å². The van der Waals surface area contributed by atoms with Crippen LogP contribution in [0.5, 0.6) is 0 Å². The predicted octanol–water partition coefficient (Wildman–Crippen LogP) is 3.77. The van der Waals surface area contributed by atoms with E-state index >= 15 is 0 Å². The second-order valence-corrected chi connectivity index (χ2v) is 16.3. The summed E-state index contributed by atoms with van der Waals surface area (Å²) in [6.45, 7) is 12.1. The van der Waals surface area contributed by atoms with E-state index in [0.29, 0.717) is 30.5 Å². The number of hydrogen-bond acceptors (Lipinski definition) is 8. The number of piperidine rings is 1. The summed E-state index contributed by atoms with van der Waals surface area (Å²) in [4.78, 5) is 61.3. The molecule has 12 atom stereocenters. The molecule has 0 unspecified atom stereocenters.